The SMILES string of the molecule is Cn1nnnc1N(CCO)Cc1ccccc1. The molecule has 1 N–H and O–H groups in total. The molecular weight excluding hydrogens is 218 g/mol. The average molecular weight is 233 g/mol. The molecule has 0 aliphatic rings. The van der Waals surface area contributed by atoms with Gasteiger partial charge in [-0.2, -0.15) is 0 Å². The number of anilines is 1. The van der Waals surface area contributed by atoms with Crippen LogP contribution in [0.3, 0.4) is 0 Å². The first-order valence-electron chi connectivity index (χ1n) is 5.43. The van der Waals surface area contributed by atoms with E-state index in [1.165, 1.54) is 0 Å². The standard InChI is InChI=1S/C11H15N5O/c1-15-11(12-13-14-15)16(7-8-17)9-10-5-3-2-4-6-10/h2-6,17H,7-9H2,1H3. The second-order valence-electron chi connectivity index (χ2n) is 3.73. The fourth-order valence-corrected chi connectivity index (χ4v) is 1.67. The molecule has 1 aromatic carbocycles. The van der Waals surface area contributed by atoms with Crippen molar-refractivity contribution in [1.29, 1.82) is 0 Å². The maximum atomic E-state index is 9.08. The highest BCUT2D eigenvalue weighted by atomic mass is 16.3. The Bertz CT molecular complexity index is 456. The number of aromatic nitrogens is 4. The predicted molar refractivity (Wildman–Crippen MR) is 63.4 cm³/mol. The Morgan fingerprint density at radius 2 is 2.06 bits per heavy atom. The first-order chi connectivity index (χ1) is 8.31. The summed E-state index contributed by atoms with van der Waals surface area (Å²) >= 11 is 0. The van der Waals surface area contributed by atoms with Gasteiger partial charge in [-0.05, 0) is 16.0 Å². The van der Waals surface area contributed by atoms with E-state index in [1.807, 2.05) is 35.2 Å². The summed E-state index contributed by atoms with van der Waals surface area (Å²) in [5.41, 5.74) is 1.16. The molecule has 0 atom stereocenters. The second kappa shape index (κ2) is 5.40. The lowest BCUT2D eigenvalue weighted by atomic mass is 10.2. The molecule has 0 saturated heterocycles. The number of aliphatic hydroxyl groups excluding tert-OH is 1. The first kappa shape index (κ1) is 11.5. The monoisotopic (exact) mass is 233 g/mol. The van der Waals surface area contributed by atoms with Gasteiger partial charge in [0, 0.05) is 20.1 Å². The minimum Gasteiger partial charge on any atom is -0.395 e. The highest BCUT2D eigenvalue weighted by Gasteiger charge is 2.12. The van der Waals surface area contributed by atoms with Crippen molar-refractivity contribution in [2.75, 3.05) is 18.1 Å². The normalized spacial score (nSPS) is 10.5. The van der Waals surface area contributed by atoms with E-state index in [1.54, 1.807) is 11.7 Å². The fourth-order valence-electron chi connectivity index (χ4n) is 1.67. The largest absolute Gasteiger partial charge is 0.395 e. The molecule has 17 heavy (non-hydrogen) atoms. The Morgan fingerprint density at radius 1 is 1.29 bits per heavy atom. The van der Waals surface area contributed by atoms with Crippen LogP contribution in [0.5, 0.6) is 0 Å². The Kier molecular flexibility index (Phi) is 3.66. The Morgan fingerprint density at radius 3 is 2.65 bits per heavy atom. The van der Waals surface area contributed by atoms with Crippen LogP contribution >= 0.6 is 0 Å². The summed E-state index contributed by atoms with van der Waals surface area (Å²) in [6.45, 7) is 1.25. The minimum absolute atomic E-state index is 0.0691. The van der Waals surface area contributed by atoms with Gasteiger partial charge in [-0.15, -0.1) is 0 Å². The Balaban J connectivity index is 2.16. The van der Waals surface area contributed by atoms with Crippen molar-refractivity contribution < 1.29 is 5.11 Å². The third-order valence-electron chi connectivity index (χ3n) is 2.47. The predicted octanol–water partition coefficient (Wildman–Crippen LogP) is 0.209. The van der Waals surface area contributed by atoms with Gasteiger partial charge in [0.25, 0.3) is 0 Å². The summed E-state index contributed by atoms with van der Waals surface area (Å²) in [5, 5.41) is 20.4. The summed E-state index contributed by atoms with van der Waals surface area (Å²) in [7, 11) is 1.78. The number of hydrogen-bond donors (Lipinski definition) is 1. The summed E-state index contributed by atoms with van der Waals surface area (Å²) in [6, 6.07) is 10.0. The maximum absolute atomic E-state index is 9.08. The van der Waals surface area contributed by atoms with E-state index in [0.717, 1.165) is 5.56 Å². The number of rotatable bonds is 5. The zero-order chi connectivity index (χ0) is 12.1. The molecule has 6 heteroatoms. The molecule has 0 aliphatic carbocycles. The van der Waals surface area contributed by atoms with E-state index in [2.05, 4.69) is 15.5 Å². The molecule has 0 saturated carbocycles. The van der Waals surface area contributed by atoms with E-state index >= 15 is 0 Å². The van der Waals surface area contributed by atoms with Gasteiger partial charge in [-0.25, -0.2) is 4.68 Å². The van der Waals surface area contributed by atoms with Gasteiger partial charge in [0.1, 0.15) is 0 Å². The second-order valence-corrected chi connectivity index (χ2v) is 3.73. The molecule has 1 aromatic heterocycles. The average Bonchev–Trinajstić information content (AvgIpc) is 2.76. The van der Waals surface area contributed by atoms with E-state index in [9.17, 15) is 0 Å². The quantitative estimate of drug-likeness (QED) is 0.799. The van der Waals surface area contributed by atoms with Crippen LogP contribution in [-0.4, -0.2) is 38.5 Å². The van der Waals surface area contributed by atoms with Crippen LogP contribution in [0.4, 0.5) is 5.95 Å². The molecule has 0 fully saturated rings. The van der Waals surface area contributed by atoms with Crippen molar-refractivity contribution in [2.24, 2.45) is 7.05 Å². The molecule has 0 spiro atoms. The van der Waals surface area contributed by atoms with Gasteiger partial charge < -0.3 is 10.0 Å². The highest BCUT2D eigenvalue weighted by Crippen LogP contribution is 2.11. The van der Waals surface area contributed by atoms with Crippen LogP contribution in [0.2, 0.25) is 0 Å². The minimum atomic E-state index is 0.0691. The molecule has 0 bridgehead atoms. The van der Waals surface area contributed by atoms with Crippen LogP contribution in [0.25, 0.3) is 0 Å². The molecule has 0 amide bonds. The molecule has 2 aromatic rings. The van der Waals surface area contributed by atoms with Gasteiger partial charge >= 0.3 is 0 Å². The maximum Gasteiger partial charge on any atom is 0.245 e. The number of nitrogens with zero attached hydrogens (tertiary/aromatic N) is 5. The Hall–Kier alpha value is -1.95. The first-order valence-corrected chi connectivity index (χ1v) is 5.43. The number of hydrogen-bond acceptors (Lipinski definition) is 5. The van der Waals surface area contributed by atoms with Crippen molar-refractivity contribution in [3.8, 4) is 0 Å². The molecule has 90 valence electrons. The summed E-state index contributed by atoms with van der Waals surface area (Å²) in [6.07, 6.45) is 0. The zero-order valence-corrected chi connectivity index (χ0v) is 9.69. The zero-order valence-electron chi connectivity index (χ0n) is 9.69. The summed E-state index contributed by atoms with van der Waals surface area (Å²) in [5.74, 6) is 0.655. The molecule has 0 unspecified atom stereocenters. The van der Waals surface area contributed by atoms with Gasteiger partial charge in [-0.1, -0.05) is 35.4 Å². The van der Waals surface area contributed by atoms with Crippen LogP contribution in [-0.2, 0) is 13.6 Å². The molecule has 2 rings (SSSR count). The summed E-state index contributed by atoms with van der Waals surface area (Å²) in [4.78, 5) is 1.94. The van der Waals surface area contributed by atoms with Crippen molar-refractivity contribution in [3.63, 3.8) is 0 Å². The lowest BCUT2D eigenvalue weighted by molar-refractivity contribution is 0.300. The lowest BCUT2D eigenvalue weighted by Crippen LogP contribution is -2.28. The van der Waals surface area contributed by atoms with Crippen LogP contribution in [0.15, 0.2) is 30.3 Å². The number of tetrazole rings is 1. The number of benzene rings is 1. The van der Waals surface area contributed by atoms with Gasteiger partial charge in [0.15, 0.2) is 0 Å². The van der Waals surface area contributed by atoms with E-state index in [4.69, 9.17) is 5.11 Å². The summed E-state index contributed by atoms with van der Waals surface area (Å²) < 4.78 is 1.60. The number of aliphatic hydroxyl groups is 1. The molecule has 1 heterocycles. The van der Waals surface area contributed by atoms with E-state index in [-0.39, 0.29) is 6.61 Å². The molecular formula is C11H15N5O. The van der Waals surface area contributed by atoms with Crippen molar-refractivity contribution in [1.82, 2.24) is 20.2 Å². The van der Waals surface area contributed by atoms with E-state index < -0.39 is 0 Å². The molecule has 0 radical (unpaired) electrons. The fraction of sp³-hybridized carbons (Fsp3) is 0.364. The van der Waals surface area contributed by atoms with Gasteiger partial charge in [0.05, 0.1) is 6.61 Å². The van der Waals surface area contributed by atoms with E-state index in [0.29, 0.717) is 19.0 Å². The van der Waals surface area contributed by atoms with Crippen molar-refractivity contribution in [2.45, 2.75) is 6.54 Å². The van der Waals surface area contributed by atoms with Crippen molar-refractivity contribution >= 4 is 5.95 Å². The Labute approximate surface area is 99.5 Å². The van der Waals surface area contributed by atoms with Gasteiger partial charge in [0.2, 0.25) is 5.95 Å². The lowest BCUT2D eigenvalue weighted by Gasteiger charge is -2.21. The molecule has 0 aliphatic heterocycles. The van der Waals surface area contributed by atoms with Crippen LogP contribution < -0.4 is 4.90 Å². The smallest absolute Gasteiger partial charge is 0.245 e. The third kappa shape index (κ3) is 2.79. The van der Waals surface area contributed by atoms with Crippen LogP contribution in [0, 0.1) is 0 Å². The van der Waals surface area contributed by atoms with Crippen molar-refractivity contribution in [3.05, 3.63) is 35.9 Å². The topological polar surface area (TPSA) is 67.1 Å². The van der Waals surface area contributed by atoms with Gasteiger partial charge in [-0.3, -0.25) is 0 Å². The van der Waals surface area contributed by atoms with Crippen LogP contribution in [0.1, 0.15) is 5.56 Å². The molecule has 6 nitrogen and oxygen atoms in total. The number of aryl methyl sites for hydroxylation is 1. The third-order valence-corrected chi connectivity index (χ3v) is 2.47. The highest BCUT2D eigenvalue weighted by molar-refractivity contribution is 5.30.